The minimum atomic E-state index is -1.14. The molecular formula is C13H17F2NO2. The standard InChI is InChI=1S/C13H17F2NO2/c1-8(16(4)13(2,3)12(17)18)10-6-5-9(14)7-11(10)15/h5-8H,1-4H3,(H,17,18). The highest BCUT2D eigenvalue weighted by atomic mass is 19.1. The van der Waals surface area contributed by atoms with Crippen LogP contribution in [0.1, 0.15) is 32.4 Å². The molecule has 0 amide bonds. The number of aliphatic carboxylic acids is 1. The topological polar surface area (TPSA) is 40.5 Å². The molecular weight excluding hydrogens is 240 g/mol. The lowest BCUT2D eigenvalue weighted by molar-refractivity contribution is -0.149. The Kier molecular flexibility index (Phi) is 4.06. The zero-order valence-corrected chi connectivity index (χ0v) is 10.9. The van der Waals surface area contributed by atoms with Crippen molar-refractivity contribution in [3.63, 3.8) is 0 Å². The first-order valence-corrected chi connectivity index (χ1v) is 5.59. The molecule has 0 spiro atoms. The molecule has 1 N–H and O–H groups in total. The third-order valence-corrected chi connectivity index (χ3v) is 3.40. The Bertz CT molecular complexity index is 460. The number of nitrogens with zero attached hydrogens (tertiary/aromatic N) is 1. The van der Waals surface area contributed by atoms with Crippen LogP contribution in [-0.2, 0) is 4.79 Å². The molecule has 1 unspecified atom stereocenters. The van der Waals surface area contributed by atoms with Crippen molar-refractivity contribution in [3.8, 4) is 0 Å². The summed E-state index contributed by atoms with van der Waals surface area (Å²) in [5.74, 6) is -2.32. The Morgan fingerprint density at radius 3 is 2.39 bits per heavy atom. The zero-order valence-electron chi connectivity index (χ0n) is 10.9. The Morgan fingerprint density at radius 2 is 1.94 bits per heavy atom. The predicted molar refractivity (Wildman–Crippen MR) is 64.3 cm³/mol. The molecule has 1 aromatic carbocycles. The van der Waals surface area contributed by atoms with E-state index in [0.29, 0.717) is 0 Å². The van der Waals surface area contributed by atoms with Crippen molar-refractivity contribution in [2.75, 3.05) is 7.05 Å². The normalized spacial score (nSPS) is 13.7. The van der Waals surface area contributed by atoms with Crippen molar-refractivity contribution in [2.45, 2.75) is 32.4 Å². The van der Waals surface area contributed by atoms with Gasteiger partial charge in [0, 0.05) is 17.7 Å². The zero-order chi connectivity index (χ0) is 14.1. The van der Waals surface area contributed by atoms with Crippen LogP contribution in [0.3, 0.4) is 0 Å². The predicted octanol–water partition coefficient (Wildman–Crippen LogP) is 2.82. The van der Waals surface area contributed by atoms with Gasteiger partial charge in [-0.05, 0) is 33.9 Å². The van der Waals surface area contributed by atoms with Crippen LogP contribution in [0.4, 0.5) is 8.78 Å². The highest BCUT2D eigenvalue weighted by Gasteiger charge is 2.35. The van der Waals surface area contributed by atoms with Gasteiger partial charge in [-0.25, -0.2) is 8.78 Å². The molecule has 0 heterocycles. The Labute approximate surface area is 105 Å². The molecule has 0 bridgehead atoms. The second-order valence-electron chi connectivity index (χ2n) is 4.82. The largest absolute Gasteiger partial charge is 0.480 e. The van der Waals surface area contributed by atoms with Gasteiger partial charge in [-0.3, -0.25) is 9.69 Å². The smallest absolute Gasteiger partial charge is 0.323 e. The minimum absolute atomic E-state index is 0.272. The van der Waals surface area contributed by atoms with E-state index in [0.717, 1.165) is 12.1 Å². The summed E-state index contributed by atoms with van der Waals surface area (Å²) < 4.78 is 26.5. The highest BCUT2D eigenvalue weighted by Crippen LogP contribution is 2.28. The second kappa shape index (κ2) is 5.02. The molecule has 100 valence electrons. The molecule has 0 saturated carbocycles. The van der Waals surface area contributed by atoms with E-state index in [4.69, 9.17) is 5.11 Å². The van der Waals surface area contributed by atoms with Crippen LogP contribution in [0.15, 0.2) is 18.2 Å². The quantitative estimate of drug-likeness (QED) is 0.901. The number of carboxylic acids is 1. The first-order valence-electron chi connectivity index (χ1n) is 5.59. The lowest BCUT2D eigenvalue weighted by Crippen LogP contribution is -2.49. The van der Waals surface area contributed by atoms with Gasteiger partial charge in [-0.1, -0.05) is 6.07 Å². The van der Waals surface area contributed by atoms with E-state index in [1.807, 2.05) is 0 Å². The van der Waals surface area contributed by atoms with E-state index >= 15 is 0 Å². The molecule has 0 fully saturated rings. The SMILES string of the molecule is CC(c1ccc(F)cc1F)N(C)C(C)(C)C(=O)O. The summed E-state index contributed by atoms with van der Waals surface area (Å²) in [6.07, 6.45) is 0. The number of hydrogen-bond acceptors (Lipinski definition) is 2. The molecule has 5 heteroatoms. The Morgan fingerprint density at radius 1 is 1.39 bits per heavy atom. The second-order valence-corrected chi connectivity index (χ2v) is 4.82. The summed E-state index contributed by atoms with van der Waals surface area (Å²) in [6, 6.07) is 2.82. The third kappa shape index (κ3) is 2.67. The Hall–Kier alpha value is -1.49. The van der Waals surface area contributed by atoms with Crippen molar-refractivity contribution in [2.24, 2.45) is 0 Å². The molecule has 0 aliphatic rings. The lowest BCUT2D eigenvalue weighted by atomic mass is 9.98. The Balaban J connectivity index is 3.07. The van der Waals surface area contributed by atoms with Crippen LogP contribution in [-0.4, -0.2) is 28.6 Å². The van der Waals surface area contributed by atoms with Gasteiger partial charge in [0.15, 0.2) is 0 Å². The van der Waals surface area contributed by atoms with E-state index in [9.17, 15) is 13.6 Å². The average molecular weight is 257 g/mol. The number of carboxylic acid groups (broad SMARTS) is 1. The van der Waals surface area contributed by atoms with E-state index in [-0.39, 0.29) is 5.56 Å². The molecule has 0 radical (unpaired) electrons. The van der Waals surface area contributed by atoms with Gasteiger partial charge in [-0.15, -0.1) is 0 Å². The number of carbonyl (C=O) groups is 1. The van der Waals surface area contributed by atoms with E-state index in [1.165, 1.54) is 24.8 Å². The van der Waals surface area contributed by atoms with Gasteiger partial charge in [0.2, 0.25) is 0 Å². The average Bonchev–Trinajstić information content (AvgIpc) is 2.26. The molecule has 1 aromatic rings. The number of likely N-dealkylation sites (N-methyl/N-ethyl adjacent to an activating group) is 1. The van der Waals surface area contributed by atoms with Gasteiger partial charge < -0.3 is 5.11 Å². The fraction of sp³-hybridized carbons (Fsp3) is 0.462. The molecule has 0 aliphatic heterocycles. The van der Waals surface area contributed by atoms with Crippen LogP contribution in [0, 0.1) is 11.6 Å². The first kappa shape index (κ1) is 14.6. The summed E-state index contributed by atoms with van der Waals surface area (Å²) in [5.41, 5.74) is -0.867. The maximum absolute atomic E-state index is 13.6. The van der Waals surface area contributed by atoms with Gasteiger partial charge >= 0.3 is 5.97 Å². The van der Waals surface area contributed by atoms with Crippen molar-refractivity contribution < 1.29 is 18.7 Å². The molecule has 3 nitrogen and oxygen atoms in total. The van der Waals surface area contributed by atoms with Gasteiger partial charge in [-0.2, -0.15) is 0 Å². The third-order valence-electron chi connectivity index (χ3n) is 3.40. The fourth-order valence-electron chi connectivity index (χ4n) is 1.68. The monoisotopic (exact) mass is 257 g/mol. The van der Waals surface area contributed by atoms with Crippen LogP contribution in [0.25, 0.3) is 0 Å². The van der Waals surface area contributed by atoms with E-state index in [1.54, 1.807) is 14.0 Å². The molecule has 1 rings (SSSR count). The summed E-state index contributed by atoms with van der Waals surface area (Å²) in [5, 5.41) is 9.13. The molecule has 0 saturated heterocycles. The van der Waals surface area contributed by atoms with Crippen molar-refractivity contribution in [1.29, 1.82) is 0 Å². The van der Waals surface area contributed by atoms with Crippen molar-refractivity contribution in [1.82, 2.24) is 4.90 Å². The molecule has 0 aliphatic carbocycles. The van der Waals surface area contributed by atoms with E-state index < -0.39 is 29.2 Å². The van der Waals surface area contributed by atoms with Crippen molar-refractivity contribution in [3.05, 3.63) is 35.4 Å². The molecule has 1 atom stereocenters. The highest BCUT2D eigenvalue weighted by molar-refractivity contribution is 5.77. The van der Waals surface area contributed by atoms with Gasteiger partial charge in [0.25, 0.3) is 0 Å². The molecule has 0 aromatic heterocycles. The summed E-state index contributed by atoms with van der Waals surface area (Å²) in [6.45, 7) is 4.75. The van der Waals surface area contributed by atoms with E-state index in [2.05, 4.69) is 0 Å². The summed E-state index contributed by atoms with van der Waals surface area (Å²) in [4.78, 5) is 12.7. The number of rotatable bonds is 4. The van der Waals surface area contributed by atoms with Crippen molar-refractivity contribution >= 4 is 5.97 Å². The van der Waals surface area contributed by atoms with Crippen LogP contribution < -0.4 is 0 Å². The van der Waals surface area contributed by atoms with Crippen LogP contribution in [0.5, 0.6) is 0 Å². The maximum atomic E-state index is 13.6. The number of hydrogen-bond donors (Lipinski definition) is 1. The first-order chi connectivity index (χ1) is 8.17. The minimum Gasteiger partial charge on any atom is -0.480 e. The number of halogens is 2. The van der Waals surface area contributed by atoms with Gasteiger partial charge in [0.05, 0.1) is 0 Å². The lowest BCUT2D eigenvalue weighted by Gasteiger charge is -2.36. The molecule has 18 heavy (non-hydrogen) atoms. The summed E-state index contributed by atoms with van der Waals surface area (Å²) in [7, 11) is 1.60. The summed E-state index contributed by atoms with van der Waals surface area (Å²) >= 11 is 0. The number of benzene rings is 1. The van der Waals surface area contributed by atoms with Crippen LogP contribution >= 0.6 is 0 Å². The van der Waals surface area contributed by atoms with Gasteiger partial charge in [0.1, 0.15) is 17.2 Å². The van der Waals surface area contributed by atoms with Crippen LogP contribution in [0.2, 0.25) is 0 Å². The maximum Gasteiger partial charge on any atom is 0.323 e. The fourth-order valence-corrected chi connectivity index (χ4v) is 1.68.